The number of hydrogen-bond acceptors (Lipinski definition) is 3. The Balaban J connectivity index is 2.31. The molecule has 0 aliphatic carbocycles. The minimum absolute atomic E-state index is 0.00659. The van der Waals surface area contributed by atoms with Gasteiger partial charge in [0, 0.05) is 25.2 Å². The molecule has 0 atom stereocenters. The molecule has 0 radical (unpaired) electrons. The zero-order valence-electron chi connectivity index (χ0n) is 12.1. The molecule has 0 bridgehead atoms. The van der Waals surface area contributed by atoms with Gasteiger partial charge in [-0.3, -0.25) is 4.79 Å². The molecule has 5 nitrogen and oxygen atoms in total. The number of nitrogens with one attached hydrogen (secondary N) is 1. The number of carbonyl (C=O) groups is 1. The number of anilines is 2. The van der Waals surface area contributed by atoms with E-state index in [-0.39, 0.29) is 5.91 Å². The molecule has 0 saturated heterocycles. The number of nitrogens with zero attached hydrogens (tertiary/aromatic N) is 2. The highest BCUT2D eigenvalue weighted by Gasteiger charge is 2.11. The van der Waals surface area contributed by atoms with E-state index in [4.69, 9.17) is 5.73 Å². The molecule has 1 aromatic heterocycles. The molecule has 1 amide bonds. The van der Waals surface area contributed by atoms with Gasteiger partial charge in [0.05, 0.1) is 23.4 Å². The van der Waals surface area contributed by atoms with Gasteiger partial charge in [0.2, 0.25) is 5.91 Å². The summed E-state index contributed by atoms with van der Waals surface area (Å²) in [6.45, 7) is 3.91. The van der Waals surface area contributed by atoms with Crippen LogP contribution in [0.15, 0.2) is 24.7 Å². The number of hydrogen-bond donors (Lipinski definition) is 2. The van der Waals surface area contributed by atoms with Gasteiger partial charge in [-0.1, -0.05) is 6.92 Å². The Morgan fingerprint density at radius 3 is 2.75 bits per heavy atom. The molecule has 2 aromatic rings. The highest BCUT2D eigenvalue weighted by molar-refractivity contribution is 5.95. The lowest BCUT2D eigenvalue weighted by molar-refractivity contribution is -0.116. The van der Waals surface area contributed by atoms with Crippen LogP contribution in [-0.2, 0) is 11.8 Å². The van der Waals surface area contributed by atoms with Crippen molar-refractivity contribution in [1.82, 2.24) is 9.55 Å². The number of amides is 1. The fourth-order valence-corrected chi connectivity index (χ4v) is 2.12. The van der Waals surface area contributed by atoms with E-state index in [0.29, 0.717) is 17.8 Å². The molecular weight excluding hydrogens is 252 g/mol. The molecule has 1 heterocycles. The predicted molar refractivity (Wildman–Crippen MR) is 81.3 cm³/mol. The number of carbonyl (C=O) groups excluding carboxylic acids is 1. The lowest BCUT2D eigenvalue weighted by atomic mass is 10.1. The van der Waals surface area contributed by atoms with Gasteiger partial charge in [-0.2, -0.15) is 0 Å². The van der Waals surface area contributed by atoms with Gasteiger partial charge in [-0.15, -0.1) is 0 Å². The Bertz CT molecular complexity index is 608. The van der Waals surface area contributed by atoms with Gasteiger partial charge < -0.3 is 15.6 Å². The smallest absolute Gasteiger partial charge is 0.224 e. The van der Waals surface area contributed by atoms with E-state index in [1.54, 1.807) is 6.33 Å². The van der Waals surface area contributed by atoms with Crippen LogP contribution in [0, 0.1) is 6.92 Å². The monoisotopic (exact) mass is 272 g/mol. The van der Waals surface area contributed by atoms with Gasteiger partial charge in [-0.25, -0.2) is 4.98 Å². The number of nitrogens with two attached hydrogens (primary N) is 1. The normalized spacial score (nSPS) is 10.6. The Labute approximate surface area is 118 Å². The van der Waals surface area contributed by atoms with Crippen molar-refractivity contribution in [3.8, 4) is 11.3 Å². The van der Waals surface area contributed by atoms with E-state index in [0.717, 1.165) is 23.2 Å². The maximum absolute atomic E-state index is 11.7. The third-order valence-electron chi connectivity index (χ3n) is 3.11. The molecule has 1 aromatic carbocycles. The minimum atomic E-state index is -0.00659. The fourth-order valence-electron chi connectivity index (χ4n) is 2.12. The van der Waals surface area contributed by atoms with Crippen LogP contribution in [0.25, 0.3) is 11.3 Å². The van der Waals surface area contributed by atoms with Crippen LogP contribution in [0.1, 0.15) is 25.3 Å². The molecular formula is C15H20N4O. The standard InChI is InChI=1S/C15H20N4O/c1-4-5-14(20)18-15-10(2)6-11(7-12(15)16)13-8-19(3)9-17-13/h6-9H,4-5,16H2,1-3H3,(H,18,20). The Morgan fingerprint density at radius 1 is 1.45 bits per heavy atom. The molecule has 0 saturated carbocycles. The van der Waals surface area contributed by atoms with Crippen LogP contribution >= 0.6 is 0 Å². The summed E-state index contributed by atoms with van der Waals surface area (Å²) < 4.78 is 1.89. The summed E-state index contributed by atoms with van der Waals surface area (Å²) in [6, 6.07) is 3.83. The van der Waals surface area contributed by atoms with Crippen molar-refractivity contribution in [1.29, 1.82) is 0 Å². The summed E-state index contributed by atoms with van der Waals surface area (Å²) in [7, 11) is 1.92. The van der Waals surface area contributed by atoms with E-state index >= 15 is 0 Å². The van der Waals surface area contributed by atoms with Gasteiger partial charge >= 0.3 is 0 Å². The highest BCUT2D eigenvalue weighted by atomic mass is 16.1. The van der Waals surface area contributed by atoms with Crippen molar-refractivity contribution < 1.29 is 4.79 Å². The first-order valence-corrected chi connectivity index (χ1v) is 6.69. The lowest BCUT2D eigenvalue weighted by Gasteiger charge is -2.12. The van der Waals surface area contributed by atoms with Crippen molar-refractivity contribution in [2.75, 3.05) is 11.1 Å². The first-order chi connectivity index (χ1) is 9.51. The lowest BCUT2D eigenvalue weighted by Crippen LogP contribution is -2.13. The Hall–Kier alpha value is -2.30. The number of benzene rings is 1. The number of nitrogen functional groups attached to an aromatic ring is 1. The van der Waals surface area contributed by atoms with E-state index in [1.165, 1.54) is 0 Å². The maximum atomic E-state index is 11.7. The van der Waals surface area contributed by atoms with E-state index in [9.17, 15) is 4.79 Å². The molecule has 3 N–H and O–H groups in total. The van der Waals surface area contributed by atoms with Crippen LogP contribution in [0.3, 0.4) is 0 Å². The minimum Gasteiger partial charge on any atom is -0.397 e. The molecule has 0 unspecified atom stereocenters. The van der Waals surface area contributed by atoms with Crippen LogP contribution in [0.2, 0.25) is 0 Å². The van der Waals surface area contributed by atoms with Crippen LogP contribution in [-0.4, -0.2) is 15.5 Å². The zero-order chi connectivity index (χ0) is 14.7. The average molecular weight is 272 g/mol. The number of imidazole rings is 1. The molecule has 20 heavy (non-hydrogen) atoms. The van der Waals surface area contributed by atoms with Crippen molar-refractivity contribution in [3.05, 3.63) is 30.2 Å². The van der Waals surface area contributed by atoms with Crippen molar-refractivity contribution in [2.45, 2.75) is 26.7 Å². The summed E-state index contributed by atoms with van der Waals surface area (Å²) >= 11 is 0. The maximum Gasteiger partial charge on any atom is 0.224 e. The molecule has 0 spiro atoms. The summed E-state index contributed by atoms with van der Waals surface area (Å²) in [4.78, 5) is 16.0. The van der Waals surface area contributed by atoms with Gasteiger partial charge in [0.15, 0.2) is 0 Å². The second-order valence-corrected chi connectivity index (χ2v) is 4.98. The first-order valence-electron chi connectivity index (χ1n) is 6.69. The van der Waals surface area contributed by atoms with Crippen molar-refractivity contribution >= 4 is 17.3 Å². The van der Waals surface area contributed by atoms with E-state index < -0.39 is 0 Å². The largest absolute Gasteiger partial charge is 0.397 e. The second kappa shape index (κ2) is 5.77. The third kappa shape index (κ3) is 2.99. The second-order valence-electron chi connectivity index (χ2n) is 4.98. The number of aromatic nitrogens is 2. The predicted octanol–water partition coefficient (Wildman–Crippen LogP) is 2.72. The SMILES string of the molecule is CCCC(=O)Nc1c(C)cc(-c2cn(C)cn2)cc1N. The summed E-state index contributed by atoms with van der Waals surface area (Å²) in [5, 5.41) is 2.87. The quantitative estimate of drug-likeness (QED) is 0.840. The van der Waals surface area contributed by atoms with Gasteiger partial charge in [0.1, 0.15) is 0 Å². The Morgan fingerprint density at radius 2 is 2.20 bits per heavy atom. The fraction of sp³-hybridized carbons (Fsp3) is 0.333. The molecule has 0 fully saturated rings. The van der Waals surface area contributed by atoms with E-state index in [1.807, 2.05) is 43.8 Å². The molecule has 2 rings (SSSR count). The van der Waals surface area contributed by atoms with Crippen LogP contribution < -0.4 is 11.1 Å². The molecule has 0 aliphatic heterocycles. The molecule has 106 valence electrons. The highest BCUT2D eigenvalue weighted by Crippen LogP contribution is 2.30. The third-order valence-corrected chi connectivity index (χ3v) is 3.11. The molecule has 5 heteroatoms. The van der Waals surface area contributed by atoms with Crippen molar-refractivity contribution in [3.63, 3.8) is 0 Å². The molecule has 0 aliphatic rings. The number of aryl methyl sites for hydroxylation is 2. The van der Waals surface area contributed by atoms with E-state index in [2.05, 4.69) is 10.3 Å². The Kier molecular flexibility index (Phi) is 4.08. The summed E-state index contributed by atoms with van der Waals surface area (Å²) in [6.07, 6.45) is 5.00. The zero-order valence-corrected chi connectivity index (χ0v) is 12.1. The first kappa shape index (κ1) is 14.1. The number of rotatable bonds is 4. The topological polar surface area (TPSA) is 72.9 Å². The average Bonchev–Trinajstić information content (AvgIpc) is 2.80. The van der Waals surface area contributed by atoms with Gasteiger partial charge in [0.25, 0.3) is 0 Å². The van der Waals surface area contributed by atoms with Crippen molar-refractivity contribution in [2.24, 2.45) is 7.05 Å². The summed E-state index contributed by atoms with van der Waals surface area (Å²) in [5.74, 6) is -0.00659. The van der Waals surface area contributed by atoms with Crippen LogP contribution in [0.4, 0.5) is 11.4 Å². The summed E-state index contributed by atoms with van der Waals surface area (Å²) in [5.41, 5.74) is 10.1. The van der Waals surface area contributed by atoms with Gasteiger partial charge in [-0.05, 0) is 31.0 Å². The van der Waals surface area contributed by atoms with Crippen LogP contribution in [0.5, 0.6) is 0 Å².